The molecule has 5 nitrogen and oxygen atoms in total. The molecule has 0 atom stereocenters. The molecule has 24 heavy (non-hydrogen) atoms. The number of carbonyl (C=O) groups is 1. The Hall–Kier alpha value is -3.08. The van der Waals surface area contributed by atoms with Crippen LogP contribution in [0.15, 0.2) is 60.8 Å². The lowest BCUT2D eigenvalue weighted by Gasteiger charge is -2.10. The summed E-state index contributed by atoms with van der Waals surface area (Å²) in [4.78, 5) is 16.5. The second-order valence-corrected chi connectivity index (χ2v) is 5.24. The number of benzene rings is 2. The van der Waals surface area contributed by atoms with Crippen LogP contribution in [0.5, 0.6) is 5.75 Å². The number of anilines is 2. The van der Waals surface area contributed by atoms with Crippen molar-refractivity contribution in [3.05, 3.63) is 60.8 Å². The first-order chi connectivity index (χ1) is 11.8. The van der Waals surface area contributed by atoms with Crippen molar-refractivity contribution in [3.8, 4) is 5.75 Å². The van der Waals surface area contributed by atoms with Crippen molar-refractivity contribution in [1.29, 1.82) is 0 Å². The topological polar surface area (TPSA) is 63.2 Å². The zero-order valence-electron chi connectivity index (χ0n) is 13.5. The van der Waals surface area contributed by atoms with Crippen LogP contribution in [0.4, 0.5) is 11.4 Å². The highest BCUT2D eigenvalue weighted by molar-refractivity contribution is 5.96. The minimum absolute atomic E-state index is 0.118. The van der Waals surface area contributed by atoms with E-state index in [9.17, 15) is 4.79 Å². The van der Waals surface area contributed by atoms with Gasteiger partial charge in [0.1, 0.15) is 5.75 Å². The molecule has 0 saturated carbocycles. The first-order valence-corrected chi connectivity index (χ1v) is 7.86. The summed E-state index contributed by atoms with van der Waals surface area (Å²) in [6.07, 6.45) is 1.74. The molecule has 5 heteroatoms. The molecule has 0 saturated heterocycles. The van der Waals surface area contributed by atoms with Crippen molar-refractivity contribution in [1.82, 2.24) is 4.98 Å². The van der Waals surface area contributed by atoms with Crippen molar-refractivity contribution >= 4 is 28.2 Å². The molecule has 0 unspecified atom stereocenters. The standard InChI is InChI=1S/C19H19N3O2/c1-2-24-16-10-8-15(9-11-16)22-18(23)13-21-17-7-3-5-14-6-4-12-20-19(14)17/h3-12,21H,2,13H2,1H3,(H,22,23). The zero-order valence-corrected chi connectivity index (χ0v) is 13.5. The normalized spacial score (nSPS) is 10.4. The lowest BCUT2D eigenvalue weighted by atomic mass is 10.2. The highest BCUT2D eigenvalue weighted by atomic mass is 16.5. The molecule has 122 valence electrons. The third kappa shape index (κ3) is 3.81. The maximum absolute atomic E-state index is 12.1. The summed E-state index contributed by atoms with van der Waals surface area (Å²) in [6.45, 7) is 2.72. The van der Waals surface area contributed by atoms with Gasteiger partial charge in [0.15, 0.2) is 0 Å². The number of hydrogen-bond donors (Lipinski definition) is 2. The molecule has 0 bridgehead atoms. The third-order valence-corrected chi connectivity index (χ3v) is 3.52. The number of fused-ring (bicyclic) bond motifs is 1. The van der Waals surface area contributed by atoms with Gasteiger partial charge in [0.25, 0.3) is 0 Å². The molecule has 2 N–H and O–H groups in total. The van der Waals surface area contributed by atoms with E-state index >= 15 is 0 Å². The molecule has 0 aliphatic carbocycles. The molecule has 0 radical (unpaired) electrons. The monoisotopic (exact) mass is 321 g/mol. The molecule has 0 spiro atoms. The minimum atomic E-state index is -0.118. The van der Waals surface area contributed by atoms with E-state index in [1.165, 1.54) is 0 Å². The first kappa shape index (κ1) is 15.8. The molecule has 0 fully saturated rings. The Morgan fingerprint density at radius 2 is 1.88 bits per heavy atom. The van der Waals surface area contributed by atoms with Gasteiger partial charge in [-0.15, -0.1) is 0 Å². The highest BCUT2D eigenvalue weighted by Gasteiger charge is 2.05. The van der Waals surface area contributed by atoms with E-state index in [0.29, 0.717) is 6.61 Å². The van der Waals surface area contributed by atoms with E-state index in [1.807, 2.05) is 61.5 Å². The highest BCUT2D eigenvalue weighted by Crippen LogP contribution is 2.20. The van der Waals surface area contributed by atoms with Gasteiger partial charge in [0, 0.05) is 17.3 Å². The number of nitrogens with zero attached hydrogens (tertiary/aromatic N) is 1. The van der Waals surface area contributed by atoms with Crippen molar-refractivity contribution in [3.63, 3.8) is 0 Å². The van der Waals surface area contributed by atoms with Gasteiger partial charge < -0.3 is 15.4 Å². The van der Waals surface area contributed by atoms with Gasteiger partial charge in [0.2, 0.25) is 5.91 Å². The molecule has 3 aromatic rings. The van der Waals surface area contributed by atoms with Gasteiger partial charge in [-0.25, -0.2) is 0 Å². The second kappa shape index (κ2) is 7.46. The largest absolute Gasteiger partial charge is 0.494 e. The Balaban J connectivity index is 1.60. The van der Waals surface area contributed by atoms with E-state index in [2.05, 4.69) is 15.6 Å². The zero-order chi connectivity index (χ0) is 16.8. The van der Waals surface area contributed by atoms with Crippen LogP contribution in [0.2, 0.25) is 0 Å². The molecule has 0 aliphatic rings. The van der Waals surface area contributed by atoms with E-state index in [0.717, 1.165) is 28.0 Å². The van der Waals surface area contributed by atoms with Crippen molar-refractivity contribution in [2.45, 2.75) is 6.92 Å². The van der Waals surface area contributed by atoms with Crippen LogP contribution in [0.3, 0.4) is 0 Å². The Kier molecular flexibility index (Phi) is 4.91. The number of hydrogen-bond acceptors (Lipinski definition) is 4. The number of rotatable bonds is 6. The van der Waals surface area contributed by atoms with Crippen molar-refractivity contribution in [2.75, 3.05) is 23.8 Å². The minimum Gasteiger partial charge on any atom is -0.494 e. The second-order valence-electron chi connectivity index (χ2n) is 5.24. The summed E-state index contributed by atoms with van der Waals surface area (Å²) in [5.41, 5.74) is 2.44. The molecule has 1 aromatic heterocycles. The van der Waals surface area contributed by atoms with Gasteiger partial charge in [0.05, 0.1) is 24.4 Å². The summed E-state index contributed by atoms with van der Waals surface area (Å²) in [5, 5.41) is 7.03. The number of pyridine rings is 1. The SMILES string of the molecule is CCOc1ccc(NC(=O)CNc2cccc3cccnc23)cc1. The maximum atomic E-state index is 12.1. The van der Waals surface area contributed by atoms with Crippen molar-refractivity contribution in [2.24, 2.45) is 0 Å². The van der Waals surface area contributed by atoms with E-state index in [1.54, 1.807) is 6.20 Å². The molecular weight excluding hydrogens is 302 g/mol. The van der Waals surface area contributed by atoms with Gasteiger partial charge in [-0.3, -0.25) is 9.78 Å². The predicted octanol–water partition coefficient (Wildman–Crippen LogP) is 3.68. The van der Waals surface area contributed by atoms with Crippen LogP contribution in [0.25, 0.3) is 10.9 Å². The average Bonchev–Trinajstić information content (AvgIpc) is 2.62. The summed E-state index contributed by atoms with van der Waals surface area (Å²) in [6, 6.07) is 17.1. The predicted molar refractivity (Wildman–Crippen MR) is 96.5 cm³/mol. The Labute approximate surface area is 140 Å². The molecule has 1 heterocycles. The van der Waals surface area contributed by atoms with Gasteiger partial charge in [-0.2, -0.15) is 0 Å². The lowest BCUT2D eigenvalue weighted by Crippen LogP contribution is -2.21. The fourth-order valence-corrected chi connectivity index (χ4v) is 2.43. The fraction of sp³-hybridized carbons (Fsp3) is 0.158. The number of ether oxygens (including phenoxy) is 1. The number of amides is 1. The van der Waals surface area contributed by atoms with E-state index in [4.69, 9.17) is 4.74 Å². The molecule has 3 rings (SSSR count). The van der Waals surface area contributed by atoms with Crippen LogP contribution in [-0.2, 0) is 4.79 Å². The van der Waals surface area contributed by atoms with Crippen LogP contribution < -0.4 is 15.4 Å². The summed E-state index contributed by atoms with van der Waals surface area (Å²) in [7, 11) is 0. The number of nitrogens with one attached hydrogen (secondary N) is 2. The smallest absolute Gasteiger partial charge is 0.243 e. The van der Waals surface area contributed by atoms with Gasteiger partial charge in [-0.1, -0.05) is 18.2 Å². The number of para-hydroxylation sites is 1. The third-order valence-electron chi connectivity index (χ3n) is 3.52. The molecule has 1 amide bonds. The molecular formula is C19H19N3O2. The lowest BCUT2D eigenvalue weighted by molar-refractivity contribution is -0.114. The van der Waals surface area contributed by atoms with E-state index in [-0.39, 0.29) is 12.5 Å². The molecule has 2 aromatic carbocycles. The number of carbonyl (C=O) groups excluding carboxylic acids is 1. The van der Waals surface area contributed by atoms with Crippen LogP contribution in [0, 0.1) is 0 Å². The Bertz CT molecular complexity index is 826. The van der Waals surface area contributed by atoms with Gasteiger partial charge >= 0.3 is 0 Å². The van der Waals surface area contributed by atoms with Crippen LogP contribution in [0.1, 0.15) is 6.92 Å². The summed E-state index contributed by atoms with van der Waals surface area (Å²) >= 11 is 0. The maximum Gasteiger partial charge on any atom is 0.243 e. The first-order valence-electron chi connectivity index (χ1n) is 7.86. The Morgan fingerprint density at radius 1 is 1.08 bits per heavy atom. The van der Waals surface area contributed by atoms with Crippen LogP contribution >= 0.6 is 0 Å². The van der Waals surface area contributed by atoms with E-state index < -0.39 is 0 Å². The average molecular weight is 321 g/mol. The fourth-order valence-electron chi connectivity index (χ4n) is 2.43. The van der Waals surface area contributed by atoms with Crippen LogP contribution in [-0.4, -0.2) is 24.0 Å². The molecule has 0 aliphatic heterocycles. The quantitative estimate of drug-likeness (QED) is 0.727. The van der Waals surface area contributed by atoms with Gasteiger partial charge in [-0.05, 0) is 43.3 Å². The summed E-state index contributed by atoms with van der Waals surface area (Å²) in [5.74, 6) is 0.669. The Morgan fingerprint density at radius 3 is 2.67 bits per heavy atom. The van der Waals surface area contributed by atoms with Crippen molar-refractivity contribution < 1.29 is 9.53 Å². The number of aromatic nitrogens is 1. The summed E-state index contributed by atoms with van der Waals surface area (Å²) < 4.78 is 5.38.